The highest BCUT2D eigenvalue weighted by atomic mass is 35.5. The number of hydrogen-bond donors (Lipinski definition) is 2. The molecule has 0 radical (unpaired) electrons. The normalized spacial score (nSPS) is 11.5. The first-order valence-electron chi connectivity index (χ1n) is 5.27. The molecule has 4 nitrogen and oxygen atoms in total. The second-order valence-corrected chi connectivity index (χ2v) is 3.67. The molecule has 0 saturated heterocycles. The number of rotatable bonds is 6. The molecule has 17 heavy (non-hydrogen) atoms. The third kappa shape index (κ3) is 5.26. The molecule has 1 atom stereocenters. The first-order valence-corrected chi connectivity index (χ1v) is 5.27. The minimum absolute atomic E-state index is 0. The molecule has 1 aromatic rings. The van der Waals surface area contributed by atoms with Gasteiger partial charge >= 0.3 is 0 Å². The van der Waals surface area contributed by atoms with Crippen LogP contribution in [0.1, 0.15) is 12.5 Å². The number of methoxy groups -OCH3 is 2. The van der Waals surface area contributed by atoms with Gasteiger partial charge in [0, 0.05) is 13.1 Å². The van der Waals surface area contributed by atoms with Crippen molar-refractivity contribution >= 4 is 12.4 Å². The summed E-state index contributed by atoms with van der Waals surface area (Å²) < 4.78 is 10.4. The molecule has 0 fully saturated rings. The summed E-state index contributed by atoms with van der Waals surface area (Å²) in [5, 5.41) is 12.2. The highest BCUT2D eigenvalue weighted by Crippen LogP contribution is 2.27. The van der Waals surface area contributed by atoms with Gasteiger partial charge in [-0.05, 0) is 24.6 Å². The molecule has 0 amide bonds. The Morgan fingerprint density at radius 3 is 2.41 bits per heavy atom. The van der Waals surface area contributed by atoms with E-state index in [1.807, 2.05) is 18.2 Å². The topological polar surface area (TPSA) is 50.7 Å². The molecule has 0 aliphatic heterocycles. The Labute approximate surface area is 108 Å². The average Bonchev–Trinajstić information content (AvgIpc) is 2.28. The molecule has 1 rings (SSSR count). The minimum atomic E-state index is -0.333. The number of hydrogen-bond acceptors (Lipinski definition) is 4. The van der Waals surface area contributed by atoms with Crippen molar-refractivity contribution in [3.63, 3.8) is 0 Å². The summed E-state index contributed by atoms with van der Waals surface area (Å²) in [5.41, 5.74) is 1.10. The van der Waals surface area contributed by atoms with Crippen LogP contribution in [-0.4, -0.2) is 32.0 Å². The van der Waals surface area contributed by atoms with Crippen LogP contribution in [0.15, 0.2) is 18.2 Å². The van der Waals surface area contributed by atoms with Crippen LogP contribution in [0.25, 0.3) is 0 Å². The number of halogens is 1. The molecule has 0 saturated carbocycles. The molecule has 0 heterocycles. The van der Waals surface area contributed by atoms with Crippen LogP contribution in [-0.2, 0) is 6.54 Å². The molecular weight excluding hydrogens is 242 g/mol. The summed E-state index contributed by atoms with van der Waals surface area (Å²) in [6.07, 6.45) is -0.333. The summed E-state index contributed by atoms with van der Waals surface area (Å²) in [4.78, 5) is 0. The lowest BCUT2D eigenvalue weighted by molar-refractivity contribution is 0.191. The molecule has 0 spiro atoms. The quantitative estimate of drug-likeness (QED) is 0.817. The number of ether oxygens (including phenoxy) is 2. The van der Waals surface area contributed by atoms with Gasteiger partial charge in [-0.3, -0.25) is 0 Å². The van der Waals surface area contributed by atoms with Crippen LogP contribution in [0.4, 0.5) is 0 Å². The molecule has 0 aliphatic rings. The van der Waals surface area contributed by atoms with Gasteiger partial charge in [-0.1, -0.05) is 6.07 Å². The van der Waals surface area contributed by atoms with E-state index in [1.54, 1.807) is 21.1 Å². The zero-order valence-corrected chi connectivity index (χ0v) is 11.2. The Morgan fingerprint density at radius 2 is 1.88 bits per heavy atom. The number of aliphatic hydroxyl groups is 1. The van der Waals surface area contributed by atoms with E-state index in [0.717, 1.165) is 17.1 Å². The lowest BCUT2D eigenvalue weighted by Gasteiger charge is -2.10. The summed E-state index contributed by atoms with van der Waals surface area (Å²) in [5.74, 6) is 1.45. The van der Waals surface area contributed by atoms with E-state index >= 15 is 0 Å². The standard InChI is InChI=1S/C12H19NO3.ClH/c1-9(14)7-13-8-10-4-5-11(15-2)12(6-10)16-3;/h4-6,9,13-14H,7-8H2,1-3H3;1H. The second kappa shape index (κ2) is 8.17. The van der Waals surface area contributed by atoms with Crippen molar-refractivity contribution in [3.05, 3.63) is 23.8 Å². The Kier molecular flexibility index (Phi) is 7.70. The SMILES string of the molecule is COc1ccc(CNCC(C)O)cc1OC.Cl. The van der Waals surface area contributed by atoms with Crippen molar-refractivity contribution in [2.45, 2.75) is 19.6 Å². The maximum Gasteiger partial charge on any atom is 0.161 e. The van der Waals surface area contributed by atoms with Gasteiger partial charge in [0.05, 0.1) is 20.3 Å². The summed E-state index contributed by atoms with van der Waals surface area (Å²) in [7, 11) is 3.23. The number of aliphatic hydroxyl groups excluding tert-OH is 1. The van der Waals surface area contributed by atoms with Crippen molar-refractivity contribution in [1.29, 1.82) is 0 Å². The predicted octanol–water partition coefficient (Wildman–Crippen LogP) is 1.60. The van der Waals surface area contributed by atoms with Gasteiger partial charge in [-0.15, -0.1) is 12.4 Å². The van der Waals surface area contributed by atoms with Gasteiger partial charge in [-0.2, -0.15) is 0 Å². The molecule has 98 valence electrons. The van der Waals surface area contributed by atoms with E-state index in [1.165, 1.54) is 0 Å². The first kappa shape index (κ1) is 16.0. The largest absolute Gasteiger partial charge is 0.493 e. The molecule has 0 aliphatic carbocycles. The van der Waals surface area contributed by atoms with Gasteiger partial charge in [0.15, 0.2) is 11.5 Å². The Balaban J connectivity index is 0.00000256. The zero-order valence-electron chi connectivity index (χ0n) is 10.4. The average molecular weight is 262 g/mol. The molecule has 1 unspecified atom stereocenters. The van der Waals surface area contributed by atoms with Gasteiger partial charge < -0.3 is 19.9 Å². The molecule has 0 bridgehead atoms. The van der Waals surface area contributed by atoms with Crippen LogP contribution in [0.2, 0.25) is 0 Å². The lowest BCUT2D eigenvalue weighted by Crippen LogP contribution is -2.23. The molecule has 0 aromatic heterocycles. The van der Waals surface area contributed by atoms with E-state index in [-0.39, 0.29) is 18.5 Å². The first-order chi connectivity index (χ1) is 7.67. The predicted molar refractivity (Wildman–Crippen MR) is 70.2 cm³/mol. The van der Waals surface area contributed by atoms with E-state index < -0.39 is 0 Å². The molecule has 1 aromatic carbocycles. The Bertz CT molecular complexity index is 332. The number of benzene rings is 1. The van der Waals surface area contributed by atoms with Gasteiger partial charge in [0.2, 0.25) is 0 Å². The summed E-state index contributed by atoms with van der Waals surface area (Å²) in [6, 6.07) is 5.77. The van der Waals surface area contributed by atoms with Crippen LogP contribution in [0.3, 0.4) is 0 Å². The molecular formula is C12H20ClNO3. The van der Waals surface area contributed by atoms with Crippen molar-refractivity contribution in [2.24, 2.45) is 0 Å². The molecule has 2 N–H and O–H groups in total. The maximum atomic E-state index is 9.11. The van der Waals surface area contributed by atoms with E-state index in [0.29, 0.717) is 13.1 Å². The highest BCUT2D eigenvalue weighted by molar-refractivity contribution is 5.85. The van der Waals surface area contributed by atoms with Crippen LogP contribution >= 0.6 is 12.4 Å². The van der Waals surface area contributed by atoms with Crippen molar-refractivity contribution in [1.82, 2.24) is 5.32 Å². The second-order valence-electron chi connectivity index (χ2n) is 3.67. The molecule has 5 heteroatoms. The van der Waals surface area contributed by atoms with Crippen molar-refractivity contribution < 1.29 is 14.6 Å². The van der Waals surface area contributed by atoms with Crippen LogP contribution < -0.4 is 14.8 Å². The highest BCUT2D eigenvalue weighted by Gasteiger charge is 2.04. The van der Waals surface area contributed by atoms with E-state index in [2.05, 4.69) is 5.32 Å². The smallest absolute Gasteiger partial charge is 0.161 e. The fourth-order valence-corrected chi connectivity index (χ4v) is 1.42. The third-order valence-corrected chi connectivity index (χ3v) is 2.22. The Morgan fingerprint density at radius 1 is 1.24 bits per heavy atom. The monoisotopic (exact) mass is 261 g/mol. The van der Waals surface area contributed by atoms with E-state index in [9.17, 15) is 0 Å². The number of nitrogens with one attached hydrogen (secondary N) is 1. The zero-order chi connectivity index (χ0) is 12.0. The minimum Gasteiger partial charge on any atom is -0.493 e. The van der Waals surface area contributed by atoms with Gasteiger partial charge in [-0.25, -0.2) is 0 Å². The lowest BCUT2D eigenvalue weighted by atomic mass is 10.2. The third-order valence-electron chi connectivity index (χ3n) is 2.22. The van der Waals surface area contributed by atoms with Crippen molar-refractivity contribution in [3.8, 4) is 11.5 Å². The van der Waals surface area contributed by atoms with E-state index in [4.69, 9.17) is 14.6 Å². The summed E-state index contributed by atoms with van der Waals surface area (Å²) in [6.45, 7) is 3.03. The maximum absolute atomic E-state index is 9.11. The van der Waals surface area contributed by atoms with Crippen LogP contribution in [0.5, 0.6) is 11.5 Å². The fourth-order valence-electron chi connectivity index (χ4n) is 1.42. The fraction of sp³-hybridized carbons (Fsp3) is 0.500. The van der Waals surface area contributed by atoms with Crippen LogP contribution in [0, 0.1) is 0 Å². The van der Waals surface area contributed by atoms with Gasteiger partial charge in [0.25, 0.3) is 0 Å². The van der Waals surface area contributed by atoms with Gasteiger partial charge in [0.1, 0.15) is 0 Å². The van der Waals surface area contributed by atoms with Crippen molar-refractivity contribution in [2.75, 3.05) is 20.8 Å². The Hall–Kier alpha value is -0.970. The summed E-state index contributed by atoms with van der Waals surface area (Å²) >= 11 is 0.